The first-order valence-electron chi connectivity index (χ1n) is 22.0. The molecule has 3 aromatic heterocycles. The first-order valence-corrected chi connectivity index (χ1v) is 23.1. The number of halogens is 1. The Kier molecular flexibility index (Phi) is 15.5. The van der Waals surface area contributed by atoms with E-state index >= 15 is 4.39 Å². The summed E-state index contributed by atoms with van der Waals surface area (Å²) in [5.41, 5.74) is 5.03. The minimum atomic E-state index is -1.62. The van der Waals surface area contributed by atoms with Crippen molar-refractivity contribution in [3.8, 4) is 17.0 Å². The third kappa shape index (κ3) is 11.1. The van der Waals surface area contributed by atoms with Crippen molar-refractivity contribution in [1.82, 2.24) is 39.4 Å². The van der Waals surface area contributed by atoms with Crippen LogP contribution in [-0.2, 0) is 38.7 Å². The first kappa shape index (κ1) is 47.4. The minimum Gasteiger partial charge on any atom is -0.485 e. The highest BCUT2D eigenvalue weighted by atomic mass is 32.2. The number of carbonyl (C=O) groups excluding carboxylic acids is 2. The number of likely N-dealkylation sites (tertiary alicyclic amines) is 1. The van der Waals surface area contributed by atoms with Crippen LogP contribution in [0.5, 0.6) is 5.75 Å². The van der Waals surface area contributed by atoms with Gasteiger partial charge < -0.3 is 19.7 Å². The zero-order valence-electron chi connectivity index (χ0n) is 38.2. The molecule has 0 saturated carbocycles. The lowest BCUT2D eigenvalue weighted by Crippen LogP contribution is -2.32. The van der Waals surface area contributed by atoms with Gasteiger partial charge in [-0.1, -0.05) is 18.2 Å². The molecule has 1 saturated heterocycles. The molecule has 4 heterocycles. The van der Waals surface area contributed by atoms with E-state index in [0.29, 0.717) is 64.3 Å². The van der Waals surface area contributed by atoms with Crippen molar-refractivity contribution in [2.45, 2.75) is 81.5 Å². The summed E-state index contributed by atoms with van der Waals surface area (Å²) in [5.74, 6) is 0.650. The maximum Gasteiger partial charge on any atom is 0.228 e. The number of hydrogen-bond donors (Lipinski definition) is 2. The standard InChI is InChI=1S/C47H57FN12O5S/c1-8-64-32(4)59-27-36(25-54-59)44-45(65-31(2)3)47(60(49-5)29-52-44)51-28-50-41-15-13-38(24-40(41)48)66(63)37-11-9-10-33(22-37)26-58-20-16-34(17-21-58)35-12-14-39-42(23-35)57(7)55-46(39)56(6)19-18-43(62)53-30-61/h9-15,22-25,27,29-32,34,50H,5,8,16-21,26,28H2,1-4,6-7H3,(H,53,61,62)/b51-47-. The maximum atomic E-state index is 15.6. The van der Waals surface area contributed by atoms with Crippen molar-refractivity contribution in [1.29, 1.82) is 0 Å². The van der Waals surface area contributed by atoms with Gasteiger partial charge >= 0.3 is 0 Å². The number of ether oxygens (including phenoxy) is 2. The van der Waals surface area contributed by atoms with E-state index in [2.05, 4.69) is 60.6 Å². The number of fused-ring (bicyclic) bond motifs is 1. The number of rotatable bonds is 20. The van der Waals surface area contributed by atoms with Gasteiger partial charge in [-0.3, -0.25) is 24.5 Å². The van der Waals surface area contributed by atoms with Crippen LogP contribution in [0.15, 0.2) is 99.3 Å². The van der Waals surface area contributed by atoms with Gasteiger partial charge in [0.1, 0.15) is 30.7 Å². The summed E-state index contributed by atoms with van der Waals surface area (Å²) in [5, 5.41) is 19.4. The number of nitrogens with one attached hydrogen (secondary N) is 2. The van der Waals surface area contributed by atoms with Gasteiger partial charge in [-0.25, -0.2) is 27.9 Å². The van der Waals surface area contributed by atoms with Crippen LogP contribution in [-0.4, -0.2) is 103 Å². The maximum absolute atomic E-state index is 15.6. The van der Waals surface area contributed by atoms with Crippen molar-refractivity contribution >= 4 is 52.2 Å². The van der Waals surface area contributed by atoms with Gasteiger partial charge in [-0.15, -0.1) is 0 Å². The molecule has 0 spiro atoms. The van der Waals surface area contributed by atoms with Gasteiger partial charge in [0.2, 0.25) is 12.3 Å². The van der Waals surface area contributed by atoms with Gasteiger partial charge in [0.25, 0.3) is 0 Å². The number of hydrogen-bond acceptors (Lipinski definition) is 13. The Balaban J connectivity index is 0.973. The quantitative estimate of drug-likeness (QED) is 0.0659. The Morgan fingerprint density at radius 2 is 1.89 bits per heavy atom. The molecule has 19 heteroatoms. The molecular weight excluding hydrogens is 864 g/mol. The molecule has 17 nitrogen and oxygen atoms in total. The second-order valence-electron chi connectivity index (χ2n) is 16.3. The SMILES string of the molecule is C=Nn1cnc(-c2cnn(C(C)OCC)c2)c(OC(C)C)/c1=N/CNc1ccc(S(=O)c2cccc(CN3CCC(c4ccc5c(N(C)CCC(=O)NC=O)nn(C)c5c4)CC3)c2)cc1F. The summed E-state index contributed by atoms with van der Waals surface area (Å²) in [6.45, 7) is 14.7. The van der Waals surface area contributed by atoms with E-state index in [-0.39, 0.29) is 37.0 Å². The van der Waals surface area contributed by atoms with Crippen molar-refractivity contribution in [3.05, 3.63) is 102 Å². The van der Waals surface area contributed by atoms with Crippen molar-refractivity contribution in [3.63, 3.8) is 0 Å². The van der Waals surface area contributed by atoms with Crippen LogP contribution >= 0.6 is 0 Å². The van der Waals surface area contributed by atoms with E-state index in [4.69, 9.17) is 14.6 Å². The number of amides is 2. The Labute approximate surface area is 385 Å². The number of imide groups is 1. The molecule has 3 aromatic carbocycles. The number of carbonyl (C=O) groups is 2. The molecule has 7 rings (SSSR count). The molecule has 0 bridgehead atoms. The Morgan fingerprint density at radius 1 is 1.11 bits per heavy atom. The van der Waals surface area contributed by atoms with E-state index in [9.17, 15) is 13.8 Å². The Hall–Kier alpha value is -6.57. The van der Waals surface area contributed by atoms with Gasteiger partial charge in [0.05, 0.1) is 34.3 Å². The summed E-state index contributed by atoms with van der Waals surface area (Å²) in [6, 6.07) is 18.7. The van der Waals surface area contributed by atoms with E-state index < -0.39 is 16.6 Å². The fourth-order valence-electron chi connectivity index (χ4n) is 8.05. The van der Waals surface area contributed by atoms with Crippen LogP contribution in [0.2, 0.25) is 0 Å². The van der Waals surface area contributed by atoms with Crippen LogP contribution in [0.3, 0.4) is 0 Å². The van der Waals surface area contributed by atoms with Crippen LogP contribution in [0.4, 0.5) is 15.9 Å². The molecule has 6 aromatic rings. The Bertz CT molecular complexity index is 2780. The number of nitrogens with zero attached hydrogens (tertiary/aromatic N) is 10. The summed E-state index contributed by atoms with van der Waals surface area (Å²) < 4.78 is 46.3. The average molecular weight is 921 g/mol. The average Bonchev–Trinajstić information content (AvgIpc) is 3.94. The van der Waals surface area contributed by atoms with Crippen molar-refractivity contribution < 1.29 is 27.7 Å². The molecule has 1 aliphatic heterocycles. The zero-order chi connectivity index (χ0) is 46.9. The lowest BCUT2D eigenvalue weighted by atomic mass is 9.89. The number of piperidine rings is 1. The molecule has 2 amide bonds. The third-order valence-corrected chi connectivity index (χ3v) is 12.8. The minimum absolute atomic E-state index is 0.0418. The summed E-state index contributed by atoms with van der Waals surface area (Å²) in [7, 11) is 2.20. The highest BCUT2D eigenvalue weighted by Gasteiger charge is 2.24. The van der Waals surface area contributed by atoms with Crippen molar-refractivity contribution in [2.75, 3.05) is 50.2 Å². The van der Waals surface area contributed by atoms with Crippen LogP contribution in [0.1, 0.15) is 70.2 Å². The topological polar surface area (TPSA) is 178 Å². The molecule has 66 heavy (non-hydrogen) atoms. The summed E-state index contributed by atoms with van der Waals surface area (Å²) >= 11 is 0. The monoisotopic (exact) mass is 920 g/mol. The van der Waals surface area contributed by atoms with E-state index in [1.54, 1.807) is 23.0 Å². The van der Waals surface area contributed by atoms with Crippen LogP contribution < -0.4 is 25.8 Å². The first-order chi connectivity index (χ1) is 31.9. The number of aromatic nitrogens is 6. The Morgan fingerprint density at radius 3 is 2.62 bits per heavy atom. The van der Waals surface area contributed by atoms with Gasteiger partial charge in [-0.05, 0) is 113 Å². The lowest BCUT2D eigenvalue weighted by Gasteiger charge is -2.32. The number of aryl methyl sites for hydroxylation is 1. The van der Waals surface area contributed by atoms with Gasteiger partial charge in [0.15, 0.2) is 17.1 Å². The molecule has 2 N–H and O–H groups in total. The van der Waals surface area contributed by atoms with Crippen molar-refractivity contribution in [2.24, 2.45) is 17.1 Å². The summed E-state index contributed by atoms with van der Waals surface area (Å²) in [4.78, 5) is 37.0. The molecule has 2 unspecified atom stereocenters. The van der Waals surface area contributed by atoms with Crippen LogP contribution in [0.25, 0.3) is 22.2 Å². The molecule has 1 fully saturated rings. The summed E-state index contributed by atoms with van der Waals surface area (Å²) in [6.07, 6.45) is 7.04. The van der Waals surface area contributed by atoms with E-state index in [1.807, 2.05) is 81.8 Å². The highest BCUT2D eigenvalue weighted by molar-refractivity contribution is 7.85. The molecule has 0 aliphatic carbocycles. The normalized spacial score (nSPS) is 14.6. The second-order valence-corrected chi connectivity index (χ2v) is 17.8. The van der Waals surface area contributed by atoms with E-state index in [1.165, 1.54) is 22.6 Å². The molecule has 2 atom stereocenters. The van der Waals surface area contributed by atoms with E-state index in [0.717, 1.165) is 48.2 Å². The largest absolute Gasteiger partial charge is 0.485 e. The second kappa shape index (κ2) is 21.6. The molecule has 0 radical (unpaired) electrons. The fraction of sp³-hybridized carbons (Fsp3) is 0.383. The molecular formula is C47H57FN12O5S. The predicted octanol–water partition coefficient (Wildman–Crippen LogP) is 6.19. The number of benzene rings is 3. The zero-order valence-corrected chi connectivity index (χ0v) is 39.0. The predicted molar refractivity (Wildman–Crippen MR) is 252 cm³/mol. The number of anilines is 2. The lowest BCUT2D eigenvalue weighted by molar-refractivity contribution is -0.125. The van der Waals surface area contributed by atoms with Crippen LogP contribution in [0, 0.1) is 5.82 Å². The van der Waals surface area contributed by atoms with Gasteiger partial charge in [-0.2, -0.15) is 15.3 Å². The highest BCUT2D eigenvalue weighted by Crippen LogP contribution is 2.34. The fourth-order valence-corrected chi connectivity index (χ4v) is 9.18. The van der Waals surface area contributed by atoms with Gasteiger partial charge in [0, 0.05) is 73.9 Å². The molecule has 1 aliphatic rings. The third-order valence-electron chi connectivity index (χ3n) is 11.4. The smallest absolute Gasteiger partial charge is 0.228 e. The molecule has 348 valence electrons.